The highest BCUT2D eigenvalue weighted by Crippen LogP contribution is 2.17. The second-order valence-corrected chi connectivity index (χ2v) is 5.43. The maximum Gasteiger partial charge on any atom is 0.323 e. The van der Waals surface area contributed by atoms with Crippen LogP contribution in [-0.4, -0.2) is 53.2 Å². The molecule has 1 rings (SSSR count). The van der Waals surface area contributed by atoms with Gasteiger partial charge in [-0.1, -0.05) is 0 Å². The van der Waals surface area contributed by atoms with E-state index in [1.54, 1.807) is 0 Å². The summed E-state index contributed by atoms with van der Waals surface area (Å²) in [7, 11) is 2.01. The van der Waals surface area contributed by atoms with Crippen molar-refractivity contribution in [3.63, 3.8) is 0 Å². The minimum absolute atomic E-state index is 0.369. The Bertz CT molecular complexity index is 380. The number of anilines is 2. The van der Waals surface area contributed by atoms with Crippen LogP contribution in [0.15, 0.2) is 0 Å². The lowest BCUT2D eigenvalue weighted by atomic mass is 10.2. The van der Waals surface area contributed by atoms with Crippen LogP contribution >= 0.6 is 11.8 Å². The normalized spacial score (nSPS) is 12.1. The molecule has 0 saturated heterocycles. The molecule has 1 atom stereocenters. The molecule has 1 heterocycles. The van der Waals surface area contributed by atoms with Crippen LogP contribution in [0.2, 0.25) is 0 Å². The molecule has 7 heteroatoms. The molecule has 20 heavy (non-hydrogen) atoms. The number of aromatic nitrogens is 3. The van der Waals surface area contributed by atoms with Crippen molar-refractivity contribution >= 4 is 23.7 Å². The third-order valence-electron chi connectivity index (χ3n) is 2.93. The molecule has 1 aromatic rings. The smallest absolute Gasteiger partial charge is 0.323 e. The van der Waals surface area contributed by atoms with E-state index in [9.17, 15) is 0 Å². The van der Waals surface area contributed by atoms with E-state index >= 15 is 0 Å². The average molecular weight is 299 g/mol. The average Bonchev–Trinajstić information content (AvgIpc) is 2.44. The van der Waals surface area contributed by atoms with Gasteiger partial charge in [0.1, 0.15) is 0 Å². The summed E-state index contributed by atoms with van der Waals surface area (Å²) < 4.78 is 5.41. The highest BCUT2D eigenvalue weighted by Gasteiger charge is 2.15. The van der Waals surface area contributed by atoms with Crippen LogP contribution in [0.5, 0.6) is 6.01 Å². The van der Waals surface area contributed by atoms with Gasteiger partial charge in [0.15, 0.2) is 0 Å². The molecule has 0 saturated carbocycles. The summed E-state index contributed by atoms with van der Waals surface area (Å²) in [5, 5.41) is 3.11. The van der Waals surface area contributed by atoms with Gasteiger partial charge in [0.05, 0.1) is 6.61 Å². The fourth-order valence-corrected chi connectivity index (χ4v) is 2.19. The SMILES string of the molecule is CCNc1nc(OCC)nc(N(C)C(C)CCSC)n1. The molecule has 6 nitrogen and oxygen atoms in total. The molecule has 0 spiro atoms. The Morgan fingerprint density at radius 1 is 1.30 bits per heavy atom. The van der Waals surface area contributed by atoms with E-state index < -0.39 is 0 Å². The van der Waals surface area contributed by atoms with Gasteiger partial charge in [0.2, 0.25) is 11.9 Å². The van der Waals surface area contributed by atoms with Gasteiger partial charge in [-0.25, -0.2) is 0 Å². The molecule has 1 aromatic heterocycles. The van der Waals surface area contributed by atoms with Gasteiger partial charge in [-0.15, -0.1) is 0 Å². The summed E-state index contributed by atoms with van der Waals surface area (Å²) in [6, 6.07) is 0.742. The molecule has 1 N–H and O–H groups in total. The number of hydrogen-bond acceptors (Lipinski definition) is 7. The summed E-state index contributed by atoms with van der Waals surface area (Å²) in [5.74, 6) is 2.33. The number of thioether (sulfide) groups is 1. The lowest BCUT2D eigenvalue weighted by Gasteiger charge is -2.25. The summed E-state index contributed by atoms with van der Waals surface area (Å²) in [4.78, 5) is 15.1. The van der Waals surface area contributed by atoms with Crippen molar-refractivity contribution in [3.05, 3.63) is 0 Å². The van der Waals surface area contributed by atoms with Crippen molar-refractivity contribution in [1.82, 2.24) is 15.0 Å². The molecular weight excluding hydrogens is 274 g/mol. The molecule has 0 fully saturated rings. The van der Waals surface area contributed by atoms with Crippen LogP contribution in [0.4, 0.5) is 11.9 Å². The monoisotopic (exact) mass is 299 g/mol. The second kappa shape index (κ2) is 8.84. The Morgan fingerprint density at radius 3 is 2.65 bits per heavy atom. The number of ether oxygens (including phenoxy) is 1. The zero-order valence-corrected chi connectivity index (χ0v) is 13.8. The van der Waals surface area contributed by atoms with Gasteiger partial charge in [-0.3, -0.25) is 0 Å². The molecule has 1 unspecified atom stereocenters. The predicted octanol–water partition coefficient (Wildman–Crippen LogP) is 2.28. The van der Waals surface area contributed by atoms with Crippen molar-refractivity contribution in [2.45, 2.75) is 33.2 Å². The van der Waals surface area contributed by atoms with Crippen LogP contribution in [0.3, 0.4) is 0 Å². The highest BCUT2D eigenvalue weighted by molar-refractivity contribution is 7.98. The van der Waals surface area contributed by atoms with Gasteiger partial charge in [0, 0.05) is 19.6 Å². The lowest BCUT2D eigenvalue weighted by molar-refractivity contribution is 0.312. The maximum atomic E-state index is 5.41. The van der Waals surface area contributed by atoms with E-state index in [0.29, 0.717) is 30.6 Å². The molecular formula is C13H25N5OS. The molecule has 0 aliphatic carbocycles. The summed E-state index contributed by atoms with van der Waals surface area (Å²) >= 11 is 1.85. The first kappa shape index (κ1) is 16.8. The number of nitrogens with zero attached hydrogens (tertiary/aromatic N) is 4. The second-order valence-electron chi connectivity index (χ2n) is 4.45. The Labute approximate surface area is 125 Å². The van der Waals surface area contributed by atoms with E-state index in [2.05, 4.69) is 38.3 Å². The Hall–Kier alpha value is -1.24. The van der Waals surface area contributed by atoms with Crippen molar-refractivity contribution in [1.29, 1.82) is 0 Å². The highest BCUT2D eigenvalue weighted by atomic mass is 32.2. The molecule has 0 radical (unpaired) electrons. The standard InChI is InChI=1S/C13H25N5OS/c1-6-14-11-15-12(17-13(16-11)19-7-2)18(4)10(3)8-9-20-5/h10H,6-9H2,1-5H3,(H,14,15,16,17). The minimum Gasteiger partial charge on any atom is -0.464 e. The first-order chi connectivity index (χ1) is 9.62. The van der Waals surface area contributed by atoms with E-state index in [-0.39, 0.29) is 0 Å². The summed E-state index contributed by atoms with van der Waals surface area (Å²) in [6.45, 7) is 7.41. The third kappa shape index (κ3) is 5.03. The zero-order valence-electron chi connectivity index (χ0n) is 13.0. The van der Waals surface area contributed by atoms with E-state index in [4.69, 9.17) is 4.74 Å². The minimum atomic E-state index is 0.369. The predicted molar refractivity (Wildman–Crippen MR) is 86.0 cm³/mol. The quantitative estimate of drug-likeness (QED) is 0.750. The van der Waals surface area contributed by atoms with Gasteiger partial charge >= 0.3 is 6.01 Å². The lowest BCUT2D eigenvalue weighted by Crippen LogP contribution is -2.31. The zero-order chi connectivity index (χ0) is 15.0. The number of hydrogen-bond donors (Lipinski definition) is 1. The Morgan fingerprint density at radius 2 is 2.05 bits per heavy atom. The van der Waals surface area contributed by atoms with Crippen LogP contribution in [0.25, 0.3) is 0 Å². The molecule has 0 bridgehead atoms. The van der Waals surface area contributed by atoms with E-state index in [1.165, 1.54) is 0 Å². The van der Waals surface area contributed by atoms with Crippen LogP contribution in [0, 0.1) is 0 Å². The van der Waals surface area contributed by atoms with Crippen LogP contribution in [-0.2, 0) is 0 Å². The number of nitrogens with one attached hydrogen (secondary N) is 1. The van der Waals surface area contributed by atoms with Crippen molar-refractivity contribution < 1.29 is 4.74 Å². The fraction of sp³-hybridized carbons (Fsp3) is 0.769. The molecule has 0 amide bonds. The van der Waals surface area contributed by atoms with Crippen molar-refractivity contribution in [2.24, 2.45) is 0 Å². The summed E-state index contributed by atoms with van der Waals surface area (Å²) in [6.07, 6.45) is 3.20. The van der Waals surface area contributed by atoms with Crippen molar-refractivity contribution in [2.75, 3.05) is 42.4 Å². The first-order valence-electron chi connectivity index (χ1n) is 6.96. The topological polar surface area (TPSA) is 63.2 Å². The maximum absolute atomic E-state index is 5.41. The van der Waals surface area contributed by atoms with Crippen molar-refractivity contribution in [3.8, 4) is 6.01 Å². The van der Waals surface area contributed by atoms with E-state index in [0.717, 1.165) is 18.7 Å². The fourth-order valence-electron chi connectivity index (χ4n) is 1.61. The van der Waals surface area contributed by atoms with Crippen LogP contribution < -0.4 is 15.0 Å². The Balaban J connectivity index is 2.90. The van der Waals surface area contributed by atoms with Gasteiger partial charge in [-0.2, -0.15) is 26.7 Å². The van der Waals surface area contributed by atoms with E-state index in [1.807, 2.05) is 32.7 Å². The summed E-state index contributed by atoms with van der Waals surface area (Å²) in [5.41, 5.74) is 0. The third-order valence-corrected chi connectivity index (χ3v) is 3.57. The first-order valence-corrected chi connectivity index (χ1v) is 8.36. The molecule has 114 valence electrons. The largest absolute Gasteiger partial charge is 0.464 e. The Kier molecular flexibility index (Phi) is 7.43. The van der Waals surface area contributed by atoms with Gasteiger partial charge < -0.3 is 15.0 Å². The molecule has 0 aliphatic rings. The molecule has 0 aliphatic heterocycles. The van der Waals surface area contributed by atoms with Gasteiger partial charge in [0.25, 0.3) is 0 Å². The number of rotatable bonds is 9. The molecule has 0 aromatic carbocycles. The van der Waals surface area contributed by atoms with Gasteiger partial charge in [-0.05, 0) is 39.2 Å². The van der Waals surface area contributed by atoms with Crippen LogP contribution in [0.1, 0.15) is 27.2 Å².